The minimum absolute atomic E-state index is 0.224. The molecule has 1 unspecified atom stereocenters. The number of carbonyl (C=O) groups is 1. The summed E-state index contributed by atoms with van der Waals surface area (Å²) in [4.78, 5) is 12.1. The molecule has 0 aliphatic carbocycles. The quantitative estimate of drug-likeness (QED) is 0.806. The number of halogens is 1. The van der Waals surface area contributed by atoms with Gasteiger partial charge in [0.25, 0.3) is 5.91 Å². The average molecular weight is 331 g/mol. The molecule has 0 saturated heterocycles. The van der Waals surface area contributed by atoms with Crippen molar-refractivity contribution in [3.63, 3.8) is 0 Å². The Hall–Kier alpha value is -2.40. The van der Waals surface area contributed by atoms with Gasteiger partial charge < -0.3 is 14.8 Å². The Bertz CT molecular complexity index is 641. The number of hydrogen-bond donors (Lipinski definition) is 1. The van der Waals surface area contributed by atoms with E-state index >= 15 is 0 Å². The monoisotopic (exact) mass is 331 g/mol. The van der Waals surface area contributed by atoms with Crippen LogP contribution in [0.4, 0.5) is 4.39 Å². The molecule has 5 heteroatoms. The molecule has 0 fully saturated rings. The first-order chi connectivity index (χ1) is 11.6. The largest absolute Gasteiger partial charge is 0.481 e. The molecule has 0 heterocycles. The zero-order valence-electron chi connectivity index (χ0n) is 13.9. The third kappa shape index (κ3) is 5.66. The van der Waals surface area contributed by atoms with Crippen LogP contribution >= 0.6 is 0 Å². The lowest BCUT2D eigenvalue weighted by Crippen LogP contribution is -2.35. The van der Waals surface area contributed by atoms with Crippen LogP contribution in [0.25, 0.3) is 0 Å². The molecule has 0 bridgehead atoms. The van der Waals surface area contributed by atoms with E-state index in [1.807, 2.05) is 31.2 Å². The number of carbonyl (C=O) groups excluding carboxylic acids is 1. The fraction of sp³-hybridized carbons (Fsp3) is 0.316. The van der Waals surface area contributed by atoms with Crippen LogP contribution in [0.2, 0.25) is 0 Å². The Morgan fingerprint density at radius 3 is 2.33 bits per heavy atom. The Kier molecular flexibility index (Phi) is 6.75. The molecule has 0 saturated carbocycles. The number of benzene rings is 2. The molecule has 4 nitrogen and oxygen atoms in total. The Morgan fingerprint density at radius 1 is 1.08 bits per heavy atom. The first kappa shape index (κ1) is 17.9. The summed E-state index contributed by atoms with van der Waals surface area (Å²) in [5.74, 6) is -0.107. The molecule has 2 rings (SSSR count). The number of amides is 1. The van der Waals surface area contributed by atoms with Crippen molar-refractivity contribution in [1.29, 1.82) is 0 Å². The van der Waals surface area contributed by atoms with Gasteiger partial charge in [0.2, 0.25) is 0 Å². The molecule has 0 aromatic heterocycles. The van der Waals surface area contributed by atoms with Crippen molar-refractivity contribution in [3.8, 4) is 5.75 Å². The summed E-state index contributed by atoms with van der Waals surface area (Å²) in [7, 11) is 0. The lowest BCUT2D eigenvalue weighted by Gasteiger charge is -2.15. The zero-order valence-corrected chi connectivity index (χ0v) is 13.9. The molecule has 0 aliphatic heterocycles. The summed E-state index contributed by atoms with van der Waals surface area (Å²) in [6.45, 7) is 5.31. The predicted octanol–water partition coefficient (Wildman–Crippen LogP) is 3.45. The molecule has 0 aliphatic rings. The van der Waals surface area contributed by atoms with Gasteiger partial charge in [-0.25, -0.2) is 4.39 Å². The maximum Gasteiger partial charge on any atom is 0.261 e. The maximum absolute atomic E-state index is 12.8. The third-order valence-electron chi connectivity index (χ3n) is 3.46. The van der Waals surface area contributed by atoms with E-state index in [0.717, 1.165) is 11.1 Å². The standard InChI is InChI=1S/C19H22FNO3/c1-3-23-13-16-6-4-15(5-7-16)12-21-19(22)14(2)24-18-10-8-17(20)9-11-18/h4-11,14H,3,12-13H2,1-2H3,(H,21,22). The van der Waals surface area contributed by atoms with Gasteiger partial charge in [-0.1, -0.05) is 24.3 Å². The van der Waals surface area contributed by atoms with Crippen molar-refractivity contribution < 1.29 is 18.7 Å². The topological polar surface area (TPSA) is 47.6 Å². The first-order valence-electron chi connectivity index (χ1n) is 7.94. The van der Waals surface area contributed by atoms with Crippen LogP contribution < -0.4 is 10.1 Å². The molecule has 1 N–H and O–H groups in total. The Labute approximate surface area is 141 Å². The fourth-order valence-electron chi connectivity index (χ4n) is 2.08. The maximum atomic E-state index is 12.8. The van der Waals surface area contributed by atoms with Crippen LogP contribution in [0.3, 0.4) is 0 Å². The normalized spacial score (nSPS) is 11.8. The van der Waals surface area contributed by atoms with E-state index in [-0.39, 0.29) is 11.7 Å². The molecule has 0 spiro atoms. The van der Waals surface area contributed by atoms with E-state index in [1.54, 1.807) is 6.92 Å². The van der Waals surface area contributed by atoms with Gasteiger partial charge in [-0.2, -0.15) is 0 Å². The zero-order chi connectivity index (χ0) is 17.4. The SMILES string of the molecule is CCOCc1ccc(CNC(=O)C(C)Oc2ccc(F)cc2)cc1. The highest BCUT2D eigenvalue weighted by Crippen LogP contribution is 2.13. The van der Waals surface area contributed by atoms with E-state index < -0.39 is 6.10 Å². The Morgan fingerprint density at radius 2 is 1.71 bits per heavy atom. The van der Waals surface area contributed by atoms with Crippen LogP contribution in [0.15, 0.2) is 48.5 Å². The predicted molar refractivity (Wildman–Crippen MR) is 90.1 cm³/mol. The van der Waals surface area contributed by atoms with Gasteiger partial charge in [0.05, 0.1) is 6.61 Å². The van der Waals surface area contributed by atoms with Crippen molar-refractivity contribution in [1.82, 2.24) is 5.32 Å². The van der Waals surface area contributed by atoms with Gasteiger partial charge in [-0.3, -0.25) is 4.79 Å². The number of nitrogens with one attached hydrogen (secondary N) is 1. The van der Waals surface area contributed by atoms with Gasteiger partial charge in [-0.15, -0.1) is 0 Å². The molecule has 0 radical (unpaired) electrons. The van der Waals surface area contributed by atoms with E-state index in [9.17, 15) is 9.18 Å². The second kappa shape index (κ2) is 9.03. The van der Waals surface area contributed by atoms with E-state index in [0.29, 0.717) is 25.5 Å². The van der Waals surface area contributed by atoms with Crippen LogP contribution in [-0.4, -0.2) is 18.6 Å². The molecule has 1 amide bonds. The van der Waals surface area contributed by atoms with Crippen molar-refractivity contribution in [2.24, 2.45) is 0 Å². The second-order valence-corrected chi connectivity index (χ2v) is 5.39. The van der Waals surface area contributed by atoms with Crippen molar-refractivity contribution >= 4 is 5.91 Å². The highest BCUT2D eigenvalue weighted by molar-refractivity contribution is 5.80. The van der Waals surface area contributed by atoms with Gasteiger partial charge in [0.1, 0.15) is 11.6 Å². The summed E-state index contributed by atoms with van der Waals surface area (Å²) >= 11 is 0. The van der Waals surface area contributed by atoms with Crippen LogP contribution in [0.5, 0.6) is 5.75 Å². The number of hydrogen-bond acceptors (Lipinski definition) is 3. The lowest BCUT2D eigenvalue weighted by molar-refractivity contribution is -0.127. The second-order valence-electron chi connectivity index (χ2n) is 5.39. The van der Waals surface area contributed by atoms with Crippen LogP contribution in [0.1, 0.15) is 25.0 Å². The molecule has 2 aromatic rings. The van der Waals surface area contributed by atoms with E-state index in [1.165, 1.54) is 24.3 Å². The van der Waals surface area contributed by atoms with Gasteiger partial charge in [0.15, 0.2) is 6.10 Å². The highest BCUT2D eigenvalue weighted by Gasteiger charge is 2.14. The van der Waals surface area contributed by atoms with Gasteiger partial charge in [0, 0.05) is 13.2 Å². The Balaban J connectivity index is 1.80. The molecule has 2 aromatic carbocycles. The van der Waals surface area contributed by atoms with Gasteiger partial charge in [-0.05, 0) is 49.2 Å². The lowest BCUT2D eigenvalue weighted by atomic mass is 10.1. The first-order valence-corrected chi connectivity index (χ1v) is 7.94. The van der Waals surface area contributed by atoms with Crippen LogP contribution in [-0.2, 0) is 22.7 Å². The highest BCUT2D eigenvalue weighted by atomic mass is 19.1. The summed E-state index contributed by atoms with van der Waals surface area (Å²) in [5, 5.41) is 2.82. The van der Waals surface area contributed by atoms with Crippen molar-refractivity contribution in [2.45, 2.75) is 33.1 Å². The minimum atomic E-state index is -0.660. The average Bonchev–Trinajstić information content (AvgIpc) is 2.60. The van der Waals surface area contributed by atoms with E-state index in [4.69, 9.17) is 9.47 Å². The molecule has 24 heavy (non-hydrogen) atoms. The van der Waals surface area contributed by atoms with Gasteiger partial charge >= 0.3 is 0 Å². The minimum Gasteiger partial charge on any atom is -0.481 e. The summed E-state index contributed by atoms with van der Waals surface area (Å²) < 4.78 is 23.7. The molecular weight excluding hydrogens is 309 g/mol. The molecule has 128 valence electrons. The summed E-state index contributed by atoms with van der Waals surface area (Å²) in [6, 6.07) is 13.5. The smallest absolute Gasteiger partial charge is 0.261 e. The fourth-order valence-corrected chi connectivity index (χ4v) is 2.08. The van der Waals surface area contributed by atoms with Crippen LogP contribution in [0, 0.1) is 5.82 Å². The molecule has 1 atom stereocenters. The number of rotatable bonds is 8. The summed E-state index contributed by atoms with van der Waals surface area (Å²) in [6.07, 6.45) is -0.660. The number of ether oxygens (including phenoxy) is 2. The summed E-state index contributed by atoms with van der Waals surface area (Å²) in [5.41, 5.74) is 2.09. The third-order valence-corrected chi connectivity index (χ3v) is 3.46. The van der Waals surface area contributed by atoms with Crippen molar-refractivity contribution in [2.75, 3.05) is 6.61 Å². The van der Waals surface area contributed by atoms with E-state index in [2.05, 4.69) is 5.32 Å². The van der Waals surface area contributed by atoms with Crippen molar-refractivity contribution in [3.05, 3.63) is 65.5 Å². The molecular formula is C19H22FNO3.